The van der Waals surface area contributed by atoms with Gasteiger partial charge in [-0.3, -0.25) is 0 Å². The zero-order valence-corrected chi connectivity index (χ0v) is 13.5. The van der Waals surface area contributed by atoms with Crippen LogP contribution >= 0.6 is 0 Å². The number of hydrogen-bond donors (Lipinski definition) is 0. The molecule has 3 rings (SSSR count). The van der Waals surface area contributed by atoms with E-state index in [1.54, 1.807) is 0 Å². The molecule has 0 aliphatic rings. The highest BCUT2D eigenvalue weighted by atomic mass is 19.2. The van der Waals surface area contributed by atoms with Crippen LogP contribution < -0.4 is 0 Å². The van der Waals surface area contributed by atoms with Crippen molar-refractivity contribution in [3.8, 4) is 11.8 Å². The lowest BCUT2D eigenvalue weighted by molar-refractivity contribution is 0.507. The van der Waals surface area contributed by atoms with E-state index in [9.17, 15) is 8.78 Å². The molecule has 0 amide bonds. The number of rotatable bonds is 3. The van der Waals surface area contributed by atoms with Crippen molar-refractivity contribution in [2.24, 2.45) is 0 Å². The summed E-state index contributed by atoms with van der Waals surface area (Å²) >= 11 is 0. The van der Waals surface area contributed by atoms with Crippen molar-refractivity contribution >= 4 is 6.08 Å². The number of allylic oxidation sites excluding steroid dienone is 1. The van der Waals surface area contributed by atoms with Crippen LogP contribution in [0.25, 0.3) is 6.08 Å². The Balaban J connectivity index is 1.87. The van der Waals surface area contributed by atoms with Crippen LogP contribution in [0, 0.1) is 23.5 Å². The minimum atomic E-state index is -0.881. The largest absolute Gasteiger partial charge is 0.204 e. The third kappa shape index (κ3) is 4.65. The second kappa shape index (κ2) is 8.08. The Morgan fingerprint density at radius 1 is 0.760 bits per heavy atom. The van der Waals surface area contributed by atoms with Gasteiger partial charge in [0.15, 0.2) is 11.6 Å². The Morgan fingerprint density at radius 2 is 1.40 bits per heavy atom. The topological polar surface area (TPSA) is 0 Å². The molecular formula is C23H16F2. The second-order valence-electron chi connectivity index (χ2n) is 5.56. The smallest absolute Gasteiger partial charge is 0.160 e. The summed E-state index contributed by atoms with van der Waals surface area (Å²) in [6, 6.07) is 21.6. The van der Waals surface area contributed by atoms with Crippen molar-refractivity contribution in [3.05, 3.63) is 113 Å². The molecule has 0 fully saturated rings. The Morgan fingerprint density at radius 3 is 2.12 bits per heavy atom. The Hall–Kier alpha value is -3.18. The molecule has 3 aromatic rings. The highest BCUT2D eigenvalue weighted by Crippen LogP contribution is 2.16. The molecule has 0 N–H and O–H groups in total. The van der Waals surface area contributed by atoms with Crippen molar-refractivity contribution in [3.63, 3.8) is 0 Å². The fraction of sp³-hybridized carbons (Fsp3) is 0.0435. The van der Waals surface area contributed by atoms with Gasteiger partial charge >= 0.3 is 0 Å². The lowest BCUT2D eigenvalue weighted by Crippen LogP contribution is -1.94. The monoisotopic (exact) mass is 330 g/mol. The molecule has 0 radical (unpaired) electrons. The third-order valence-electron chi connectivity index (χ3n) is 3.71. The Bertz CT molecular complexity index is 930. The summed E-state index contributed by atoms with van der Waals surface area (Å²) in [5.41, 5.74) is 3.05. The van der Waals surface area contributed by atoms with Gasteiger partial charge in [0, 0.05) is 11.1 Å². The van der Waals surface area contributed by atoms with Gasteiger partial charge in [-0.15, -0.1) is 0 Å². The zero-order valence-electron chi connectivity index (χ0n) is 13.5. The zero-order chi connectivity index (χ0) is 17.5. The molecule has 0 aliphatic carbocycles. The summed E-state index contributed by atoms with van der Waals surface area (Å²) in [7, 11) is 0. The van der Waals surface area contributed by atoms with Crippen molar-refractivity contribution in [2.45, 2.75) is 6.42 Å². The highest BCUT2D eigenvalue weighted by Gasteiger charge is 2.07. The van der Waals surface area contributed by atoms with Crippen molar-refractivity contribution in [1.29, 1.82) is 0 Å². The van der Waals surface area contributed by atoms with Crippen LogP contribution in [-0.4, -0.2) is 0 Å². The van der Waals surface area contributed by atoms with Crippen molar-refractivity contribution in [1.82, 2.24) is 0 Å². The van der Waals surface area contributed by atoms with Gasteiger partial charge in [0.25, 0.3) is 0 Å². The molecule has 0 unspecified atom stereocenters. The fourth-order valence-corrected chi connectivity index (χ4v) is 2.42. The van der Waals surface area contributed by atoms with E-state index in [0.717, 1.165) is 17.2 Å². The first-order chi connectivity index (χ1) is 12.2. The number of halogens is 2. The molecule has 0 saturated heterocycles. The third-order valence-corrected chi connectivity index (χ3v) is 3.71. The fourth-order valence-electron chi connectivity index (χ4n) is 2.42. The SMILES string of the molecule is Fc1cc(C#Cc2ccccc2)c(C/C=C/c2ccccc2)cc1F. The van der Waals surface area contributed by atoms with E-state index in [0.29, 0.717) is 17.5 Å². The predicted molar refractivity (Wildman–Crippen MR) is 98.0 cm³/mol. The molecule has 0 saturated carbocycles. The van der Waals surface area contributed by atoms with Crippen LogP contribution in [0.4, 0.5) is 8.78 Å². The standard InChI is InChI=1S/C23H16F2/c24-22-16-20(13-7-12-18-8-3-1-4-9-18)21(17-23(22)25)15-14-19-10-5-2-6-11-19/h1-12,16-17H,13H2/b12-7+. The lowest BCUT2D eigenvalue weighted by Gasteiger charge is -2.03. The minimum absolute atomic E-state index is 0.477. The molecule has 122 valence electrons. The Kier molecular flexibility index (Phi) is 5.39. The summed E-state index contributed by atoms with van der Waals surface area (Å²) in [6.07, 6.45) is 4.36. The van der Waals surface area contributed by atoms with Crippen LogP contribution in [0.3, 0.4) is 0 Å². The van der Waals surface area contributed by atoms with E-state index >= 15 is 0 Å². The maximum absolute atomic E-state index is 13.6. The minimum Gasteiger partial charge on any atom is -0.204 e. The van der Waals surface area contributed by atoms with E-state index in [-0.39, 0.29) is 0 Å². The van der Waals surface area contributed by atoms with E-state index in [1.807, 2.05) is 72.8 Å². The molecule has 25 heavy (non-hydrogen) atoms. The van der Waals surface area contributed by atoms with Crippen molar-refractivity contribution in [2.75, 3.05) is 0 Å². The molecule has 3 aromatic carbocycles. The maximum atomic E-state index is 13.6. The van der Waals surface area contributed by atoms with Gasteiger partial charge < -0.3 is 0 Å². The summed E-state index contributed by atoms with van der Waals surface area (Å²) in [4.78, 5) is 0. The molecule has 0 nitrogen and oxygen atoms in total. The van der Waals surface area contributed by atoms with Crippen LogP contribution in [-0.2, 0) is 6.42 Å². The first kappa shape index (κ1) is 16.7. The van der Waals surface area contributed by atoms with E-state index in [4.69, 9.17) is 0 Å². The molecule has 0 spiro atoms. The van der Waals surface area contributed by atoms with Crippen LogP contribution in [0.15, 0.2) is 78.9 Å². The van der Waals surface area contributed by atoms with E-state index in [2.05, 4.69) is 11.8 Å². The first-order valence-electron chi connectivity index (χ1n) is 7.99. The molecule has 0 aliphatic heterocycles. The highest BCUT2D eigenvalue weighted by molar-refractivity contribution is 5.52. The van der Waals surface area contributed by atoms with Gasteiger partial charge in [0.05, 0.1) is 0 Å². The van der Waals surface area contributed by atoms with Crippen LogP contribution in [0.1, 0.15) is 22.3 Å². The maximum Gasteiger partial charge on any atom is 0.160 e. The Labute approximate surface area is 146 Å². The van der Waals surface area contributed by atoms with Gasteiger partial charge in [-0.05, 0) is 41.8 Å². The summed E-state index contributed by atoms with van der Waals surface area (Å²) < 4.78 is 27.2. The van der Waals surface area contributed by atoms with Crippen LogP contribution in [0.2, 0.25) is 0 Å². The van der Waals surface area contributed by atoms with E-state index in [1.165, 1.54) is 6.07 Å². The molecule has 2 heteroatoms. The van der Waals surface area contributed by atoms with Gasteiger partial charge in [0.2, 0.25) is 0 Å². The molecule has 0 atom stereocenters. The number of benzene rings is 3. The number of hydrogen-bond acceptors (Lipinski definition) is 0. The average Bonchev–Trinajstić information content (AvgIpc) is 2.65. The predicted octanol–water partition coefficient (Wildman–Crippen LogP) is 5.62. The molecule has 0 aromatic heterocycles. The first-order valence-corrected chi connectivity index (χ1v) is 7.99. The van der Waals surface area contributed by atoms with Gasteiger partial charge in [0.1, 0.15) is 0 Å². The van der Waals surface area contributed by atoms with Gasteiger partial charge in [-0.2, -0.15) is 0 Å². The quantitative estimate of drug-likeness (QED) is 0.547. The van der Waals surface area contributed by atoms with E-state index < -0.39 is 11.6 Å². The summed E-state index contributed by atoms with van der Waals surface area (Å²) in [6.45, 7) is 0. The van der Waals surface area contributed by atoms with Crippen LogP contribution in [0.5, 0.6) is 0 Å². The second-order valence-corrected chi connectivity index (χ2v) is 5.56. The van der Waals surface area contributed by atoms with Gasteiger partial charge in [-0.1, -0.05) is 72.5 Å². The summed E-state index contributed by atoms with van der Waals surface area (Å²) in [5.74, 6) is 4.21. The summed E-state index contributed by atoms with van der Waals surface area (Å²) in [5, 5.41) is 0. The average molecular weight is 330 g/mol. The normalized spacial score (nSPS) is 10.5. The lowest BCUT2D eigenvalue weighted by atomic mass is 10.0. The van der Waals surface area contributed by atoms with Gasteiger partial charge in [-0.25, -0.2) is 8.78 Å². The van der Waals surface area contributed by atoms with Crippen molar-refractivity contribution < 1.29 is 8.78 Å². The molecule has 0 heterocycles. The molecule has 0 bridgehead atoms. The molecular weight excluding hydrogens is 314 g/mol.